The molecule has 2 aliphatic rings. The fourth-order valence-electron chi connectivity index (χ4n) is 4.61. The molecule has 1 spiro atoms. The number of aromatic nitrogens is 1. The van der Waals surface area contributed by atoms with Gasteiger partial charge in [0, 0.05) is 40.8 Å². The van der Waals surface area contributed by atoms with Crippen LogP contribution in [0.25, 0.3) is 10.9 Å². The molecule has 0 amide bonds. The Morgan fingerprint density at radius 1 is 1.30 bits per heavy atom. The predicted molar refractivity (Wildman–Crippen MR) is 95.2 cm³/mol. The van der Waals surface area contributed by atoms with Crippen LogP contribution < -0.4 is 4.90 Å². The summed E-state index contributed by atoms with van der Waals surface area (Å²) in [6, 6.07) is 6.09. The van der Waals surface area contributed by atoms with Crippen molar-refractivity contribution in [2.75, 3.05) is 18.0 Å². The highest BCUT2D eigenvalue weighted by Gasteiger charge is 2.44. The van der Waals surface area contributed by atoms with E-state index in [4.69, 9.17) is 11.6 Å². The summed E-state index contributed by atoms with van der Waals surface area (Å²) < 4.78 is 0. The van der Waals surface area contributed by atoms with Gasteiger partial charge in [-0.15, -0.1) is 0 Å². The zero-order valence-electron chi connectivity index (χ0n) is 13.6. The molecule has 1 N–H and O–H groups in total. The number of hydrogen-bond acceptors (Lipinski definition) is 3. The normalized spacial score (nSPS) is 28.0. The van der Waals surface area contributed by atoms with Gasteiger partial charge in [0.15, 0.2) is 0 Å². The van der Waals surface area contributed by atoms with Gasteiger partial charge in [-0.25, -0.2) is 0 Å². The third kappa shape index (κ3) is 2.50. The molecule has 3 nitrogen and oxygen atoms in total. The SMILES string of the molecule is Cc1cc(Cl)cc2c(N3CCC[C@]4(CCC[C@H]4O)C3)ccnc12. The second kappa shape index (κ2) is 5.64. The summed E-state index contributed by atoms with van der Waals surface area (Å²) in [5.74, 6) is 0. The van der Waals surface area contributed by atoms with E-state index in [0.29, 0.717) is 0 Å². The lowest BCUT2D eigenvalue weighted by molar-refractivity contribution is 0.0410. The number of aliphatic hydroxyl groups excluding tert-OH is 1. The van der Waals surface area contributed by atoms with Crippen LogP contribution in [0.1, 0.15) is 37.7 Å². The average molecular weight is 331 g/mol. The number of rotatable bonds is 1. The van der Waals surface area contributed by atoms with E-state index in [1.807, 2.05) is 18.3 Å². The summed E-state index contributed by atoms with van der Waals surface area (Å²) in [5, 5.41) is 12.4. The minimum Gasteiger partial charge on any atom is -0.392 e. The van der Waals surface area contributed by atoms with Crippen LogP contribution in [-0.4, -0.2) is 29.3 Å². The molecule has 0 bridgehead atoms. The van der Waals surface area contributed by atoms with E-state index in [1.165, 1.54) is 5.69 Å². The van der Waals surface area contributed by atoms with E-state index in [9.17, 15) is 5.11 Å². The van der Waals surface area contributed by atoms with Crippen molar-refractivity contribution in [3.05, 3.63) is 35.0 Å². The van der Waals surface area contributed by atoms with Crippen LogP contribution in [0.2, 0.25) is 5.02 Å². The highest BCUT2D eigenvalue weighted by Crippen LogP contribution is 2.46. The molecule has 2 fully saturated rings. The Kier molecular flexibility index (Phi) is 3.73. The lowest BCUT2D eigenvalue weighted by atomic mass is 9.76. The van der Waals surface area contributed by atoms with Gasteiger partial charge in [-0.3, -0.25) is 4.98 Å². The summed E-state index contributed by atoms with van der Waals surface area (Å²) in [6.07, 6.45) is 7.28. The van der Waals surface area contributed by atoms with E-state index in [-0.39, 0.29) is 11.5 Å². The largest absolute Gasteiger partial charge is 0.392 e. The Bertz CT molecular complexity index is 747. The van der Waals surface area contributed by atoms with Gasteiger partial charge in [0.1, 0.15) is 0 Å². The first-order valence-electron chi connectivity index (χ1n) is 8.57. The first-order valence-corrected chi connectivity index (χ1v) is 8.95. The van der Waals surface area contributed by atoms with Gasteiger partial charge in [0.25, 0.3) is 0 Å². The van der Waals surface area contributed by atoms with E-state index in [1.54, 1.807) is 0 Å². The van der Waals surface area contributed by atoms with Crippen LogP contribution in [-0.2, 0) is 0 Å². The molecule has 1 saturated heterocycles. The van der Waals surface area contributed by atoms with Gasteiger partial charge < -0.3 is 10.0 Å². The number of piperidine rings is 1. The van der Waals surface area contributed by atoms with Crippen molar-refractivity contribution in [1.82, 2.24) is 4.98 Å². The van der Waals surface area contributed by atoms with E-state index >= 15 is 0 Å². The summed E-state index contributed by atoms with van der Waals surface area (Å²) in [7, 11) is 0. The molecule has 1 saturated carbocycles. The predicted octanol–water partition coefficient (Wildman–Crippen LogP) is 4.33. The third-order valence-corrected chi connectivity index (χ3v) is 6.00. The molecule has 2 heterocycles. The lowest BCUT2D eigenvalue weighted by Crippen LogP contribution is -2.47. The first kappa shape index (κ1) is 15.2. The molecule has 1 aliphatic heterocycles. The monoisotopic (exact) mass is 330 g/mol. The number of anilines is 1. The standard InChI is InChI=1S/C19H23ClN2O/c1-13-10-14(20)11-15-16(5-8-21-18(13)15)22-9-3-7-19(12-22)6-2-4-17(19)23/h5,8,10-11,17,23H,2-4,6-7,9,12H2,1H3/t17-,19-/m1/s1. The Hall–Kier alpha value is -1.32. The van der Waals surface area contributed by atoms with Gasteiger partial charge in [0.05, 0.1) is 11.6 Å². The quantitative estimate of drug-likeness (QED) is 0.845. The molecule has 0 radical (unpaired) electrons. The van der Waals surface area contributed by atoms with Crippen molar-refractivity contribution in [1.29, 1.82) is 0 Å². The summed E-state index contributed by atoms with van der Waals surface area (Å²) in [4.78, 5) is 6.99. The van der Waals surface area contributed by atoms with Crippen LogP contribution in [0.4, 0.5) is 5.69 Å². The van der Waals surface area contributed by atoms with Crippen molar-refractivity contribution in [2.45, 2.75) is 45.1 Å². The molecule has 0 unspecified atom stereocenters. The molecule has 4 rings (SSSR count). The number of pyridine rings is 1. The Balaban J connectivity index is 1.77. The van der Waals surface area contributed by atoms with Crippen LogP contribution in [0.5, 0.6) is 0 Å². The Morgan fingerprint density at radius 2 is 2.13 bits per heavy atom. The summed E-state index contributed by atoms with van der Waals surface area (Å²) in [5.41, 5.74) is 3.43. The summed E-state index contributed by atoms with van der Waals surface area (Å²) in [6.45, 7) is 4.04. The number of fused-ring (bicyclic) bond motifs is 1. The molecule has 1 aromatic heterocycles. The van der Waals surface area contributed by atoms with Gasteiger partial charge in [-0.05, 0) is 56.4 Å². The van der Waals surface area contributed by atoms with Crippen molar-refractivity contribution in [3.8, 4) is 0 Å². The zero-order valence-corrected chi connectivity index (χ0v) is 14.3. The molecule has 4 heteroatoms. The molecule has 2 atom stereocenters. The third-order valence-electron chi connectivity index (χ3n) is 5.79. The van der Waals surface area contributed by atoms with Crippen molar-refractivity contribution < 1.29 is 5.11 Å². The topological polar surface area (TPSA) is 36.4 Å². The van der Waals surface area contributed by atoms with Crippen molar-refractivity contribution >= 4 is 28.2 Å². The average Bonchev–Trinajstić information content (AvgIpc) is 2.87. The second-order valence-electron chi connectivity index (χ2n) is 7.24. The minimum atomic E-state index is -0.149. The number of halogens is 1. The van der Waals surface area contributed by atoms with E-state index < -0.39 is 0 Å². The van der Waals surface area contributed by atoms with Crippen LogP contribution in [0.15, 0.2) is 24.4 Å². The van der Waals surface area contributed by atoms with Gasteiger partial charge >= 0.3 is 0 Å². The zero-order chi connectivity index (χ0) is 16.0. The fourth-order valence-corrected chi connectivity index (χ4v) is 4.88. The number of benzene rings is 1. The maximum Gasteiger partial charge on any atom is 0.0752 e. The maximum absolute atomic E-state index is 10.5. The van der Waals surface area contributed by atoms with Crippen LogP contribution >= 0.6 is 11.6 Å². The van der Waals surface area contributed by atoms with Crippen molar-refractivity contribution in [3.63, 3.8) is 0 Å². The minimum absolute atomic E-state index is 0.0848. The lowest BCUT2D eigenvalue weighted by Gasteiger charge is -2.44. The van der Waals surface area contributed by atoms with Gasteiger partial charge in [-0.2, -0.15) is 0 Å². The van der Waals surface area contributed by atoms with Crippen LogP contribution in [0.3, 0.4) is 0 Å². The molecule has 1 aliphatic carbocycles. The molecule has 122 valence electrons. The Morgan fingerprint density at radius 3 is 2.91 bits per heavy atom. The molecular formula is C19H23ClN2O. The first-order chi connectivity index (χ1) is 11.1. The van der Waals surface area contributed by atoms with E-state index in [0.717, 1.165) is 66.7 Å². The number of nitrogens with zero attached hydrogens (tertiary/aromatic N) is 2. The summed E-state index contributed by atoms with van der Waals surface area (Å²) >= 11 is 6.29. The van der Waals surface area contributed by atoms with Gasteiger partial charge in [-0.1, -0.05) is 18.0 Å². The van der Waals surface area contributed by atoms with Crippen LogP contribution in [0, 0.1) is 12.3 Å². The highest BCUT2D eigenvalue weighted by atomic mass is 35.5. The molecule has 1 aromatic carbocycles. The number of aliphatic hydroxyl groups is 1. The molecule has 2 aromatic rings. The molecule has 23 heavy (non-hydrogen) atoms. The molecular weight excluding hydrogens is 308 g/mol. The highest BCUT2D eigenvalue weighted by molar-refractivity contribution is 6.31. The van der Waals surface area contributed by atoms with Crippen molar-refractivity contribution in [2.24, 2.45) is 5.41 Å². The van der Waals surface area contributed by atoms with E-state index in [2.05, 4.69) is 22.9 Å². The Labute approximate surface area is 142 Å². The smallest absolute Gasteiger partial charge is 0.0752 e. The fraction of sp³-hybridized carbons (Fsp3) is 0.526. The number of aryl methyl sites for hydroxylation is 1. The number of hydrogen-bond donors (Lipinski definition) is 1. The maximum atomic E-state index is 10.5. The second-order valence-corrected chi connectivity index (χ2v) is 7.68. The van der Waals surface area contributed by atoms with Gasteiger partial charge in [0.2, 0.25) is 0 Å².